The lowest BCUT2D eigenvalue weighted by atomic mass is 9.86. The third-order valence-corrected chi connectivity index (χ3v) is 5.53. The molecule has 2 N–H and O–H groups in total. The number of piperidine rings is 1. The number of anilines is 1. The zero-order valence-corrected chi connectivity index (χ0v) is 15.3. The molecule has 3 heterocycles. The molecule has 4 rings (SSSR count). The molecule has 0 saturated carbocycles. The predicted octanol–water partition coefficient (Wildman–Crippen LogP) is 3.81. The highest BCUT2D eigenvalue weighted by atomic mass is 19.1. The molecule has 0 spiro atoms. The molecule has 7 heteroatoms. The van der Waals surface area contributed by atoms with Crippen LogP contribution in [0.5, 0.6) is 0 Å². The van der Waals surface area contributed by atoms with Crippen molar-refractivity contribution in [1.82, 2.24) is 19.9 Å². The van der Waals surface area contributed by atoms with E-state index in [2.05, 4.69) is 32.1 Å². The maximum atomic E-state index is 14.0. The fourth-order valence-electron chi connectivity index (χ4n) is 3.78. The van der Waals surface area contributed by atoms with Gasteiger partial charge in [0, 0.05) is 31.4 Å². The monoisotopic (exact) mass is 371 g/mol. The van der Waals surface area contributed by atoms with Crippen molar-refractivity contribution < 1.29 is 8.78 Å². The first-order valence-corrected chi connectivity index (χ1v) is 9.29. The van der Waals surface area contributed by atoms with E-state index in [0.717, 1.165) is 42.9 Å². The summed E-state index contributed by atoms with van der Waals surface area (Å²) in [6, 6.07) is 6.00. The number of rotatable bonds is 5. The second kappa shape index (κ2) is 7.60. The van der Waals surface area contributed by atoms with Crippen molar-refractivity contribution in [2.45, 2.75) is 19.9 Å². The molecule has 1 aliphatic heterocycles. The van der Waals surface area contributed by atoms with Gasteiger partial charge in [-0.1, -0.05) is 13.0 Å². The minimum absolute atomic E-state index is 0.156. The highest BCUT2D eigenvalue weighted by Gasteiger charge is 2.27. The molecule has 5 nitrogen and oxygen atoms in total. The summed E-state index contributed by atoms with van der Waals surface area (Å²) in [5, 5.41) is 4.40. The van der Waals surface area contributed by atoms with E-state index in [1.54, 1.807) is 6.33 Å². The Morgan fingerprint density at radius 1 is 1.22 bits per heavy atom. The topological polar surface area (TPSA) is 56.8 Å². The normalized spacial score (nSPS) is 20.9. The summed E-state index contributed by atoms with van der Waals surface area (Å²) >= 11 is 0. The lowest BCUT2D eigenvalue weighted by molar-refractivity contribution is 0.126. The average Bonchev–Trinajstić information content (AvgIpc) is 3.14. The van der Waals surface area contributed by atoms with E-state index < -0.39 is 11.6 Å². The molecule has 1 saturated heterocycles. The Morgan fingerprint density at radius 2 is 2.04 bits per heavy atom. The van der Waals surface area contributed by atoms with Crippen LogP contribution in [-0.4, -0.2) is 39.5 Å². The maximum Gasteiger partial charge on any atom is 0.142 e. The number of nitrogens with one attached hydrogen (secondary N) is 2. The van der Waals surface area contributed by atoms with E-state index in [-0.39, 0.29) is 5.56 Å². The zero-order chi connectivity index (χ0) is 18.8. The molecule has 2 aromatic heterocycles. The van der Waals surface area contributed by atoms with Crippen molar-refractivity contribution in [3.8, 4) is 0 Å². The van der Waals surface area contributed by atoms with Crippen LogP contribution in [0.1, 0.15) is 18.9 Å². The van der Waals surface area contributed by atoms with Gasteiger partial charge in [-0.3, -0.25) is 4.90 Å². The largest absolute Gasteiger partial charge is 0.369 e. The van der Waals surface area contributed by atoms with Crippen molar-refractivity contribution in [2.75, 3.05) is 25.0 Å². The number of aromatic amines is 1. The quantitative estimate of drug-likeness (QED) is 0.716. The van der Waals surface area contributed by atoms with Crippen molar-refractivity contribution in [1.29, 1.82) is 0 Å². The minimum atomic E-state index is -0.473. The summed E-state index contributed by atoms with van der Waals surface area (Å²) in [7, 11) is 0. The fourth-order valence-corrected chi connectivity index (χ4v) is 3.78. The van der Waals surface area contributed by atoms with Crippen molar-refractivity contribution >= 4 is 16.9 Å². The number of likely N-dealkylation sites (tertiary alicyclic amines) is 1. The van der Waals surface area contributed by atoms with Crippen LogP contribution in [0.2, 0.25) is 0 Å². The first-order valence-electron chi connectivity index (χ1n) is 9.29. The Balaban J connectivity index is 1.42. The van der Waals surface area contributed by atoms with Gasteiger partial charge in [0.2, 0.25) is 0 Å². The van der Waals surface area contributed by atoms with Gasteiger partial charge in [-0.05, 0) is 43.0 Å². The van der Waals surface area contributed by atoms with Gasteiger partial charge in [0.25, 0.3) is 0 Å². The highest BCUT2D eigenvalue weighted by molar-refractivity contribution is 5.86. The number of aromatic nitrogens is 3. The molecule has 0 radical (unpaired) electrons. The third kappa shape index (κ3) is 3.78. The minimum Gasteiger partial charge on any atom is -0.369 e. The van der Waals surface area contributed by atoms with Crippen LogP contribution in [0, 0.1) is 23.5 Å². The third-order valence-electron chi connectivity index (χ3n) is 5.53. The molecule has 0 amide bonds. The number of nitrogens with zero attached hydrogens (tertiary/aromatic N) is 3. The van der Waals surface area contributed by atoms with E-state index in [1.807, 2.05) is 12.3 Å². The van der Waals surface area contributed by atoms with Crippen LogP contribution < -0.4 is 5.32 Å². The number of hydrogen-bond donors (Lipinski definition) is 2. The molecular formula is C20H23F2N5. The SMILES string of the molecule is CC1CCN(Cc2c(F)cccc2F)CC1CNc1ncnc2[nH]ccc12. The molecular weight excluding hydrogens is 348 g/mol. The second-order valence-corrected chi connectivity index (χ2v) is 7.30. The second-order valence-electron chi connectivity index (χ2n) is 7.30. The van der Waals surface area contributed by atoms with E-state index in [0.29, 0.717) is 18.4 Å². The summed E-state index contributed by atoms with van der Waals surface area (Å²) in [5.41, 5.74) is 0.962. The lowest BCUT2D eigenvalue weighted by Crippen LogP contribution is -2.42. The number of halogens is 2. The van der Waals surface area contributed by atoms with Gasteiger partial charge >= 0.3 is 0 Å². The van der Waals surface area contributed by atoms with E-state index in [1.165, 1.54) is 18.2 Å². The lowest BCUT2D eigenvalue weighted by Gasteiger charge is -2.37. The van der Waals surface area contributed by atoms with Gasteiger partial charge in [-0.25, -0.2) is 18.7 Å². The highest BCUT2D eigenvalue weighted by Crippen LogP contribution is 2.27. The Bertz CT molecular complexity index is 905. The van der Waals surface area contributed by atoms with Gasteiger partial charge in [0.1, 0.15) is 29.4 Å². The summed E-state index contributed by atoms with van der Waals surface area (Å²) in [4.78, 5) is 13.8. The molecule has 27 heavy (non-hydrogen) atoms. The maximum absolute atomic E-state index is 14.0. The molecule has 2 atom stereocenters. The van der Waals surface area contributed by atoms with Gasteiger partial charge in [0.15, 0.2) is 0 Å². The van der Waals surface area contributed by atoms with Gasteiger partial charge in [-0.2, -0.15) is 0 Å². The van der Waals surface area contributed by atoms with Crippen molar-refractivity contribution in [3.05, 3.63) is 54.0 Å². The standard InChI is InChI=1S/C20H23F2N5/c1-13-6-8-27(11-16-17(21)3-2-4-18(16)22)10-14(13)9-24-20-15-5-7-23-19(15)25-12-26-20/h2-5,7,12-14H,6,8-11H2,1H3,(H2,23,24,25,26). The fraction of sp³-hybridized carbons (Fsp3) is 0.400. The average molecular weight is 371 g/mol. The van der Waals surface area contributed by atoms with Gasteiger partial charge in [0.05, 0.1) is 5.39 Å². The first-order chi connectivity index (χ1) is 13.1. The van der Waals surface area contributed by atoms with Crippen molar-refractivity contribution in [3.63, 3.8) is 0 Å². The number of H-pyrrole nitrogens is 1. The van der Waals surface area contributed by atoms with E-state index in [4.69, 9.17) is 0 Å². The van der Waals surface area contributed by atoms with E-state index >= 15 is 0 Å². The van der Waals surface area contributed by atoms with Crippen LogP contribution >= 0.6 is 0 Å². The molecule has 3 aromatic rings. The number of fused-ring (bicyclic) bond motifs is 1. The molecule has 2 unspecified atom stereocenters. The van der Waals surface area contributed by atoms with Gasteiger partial charge < -0.3 is 10.3 Å². The zero-order valence-electron chi connectivity index (χ0n) is 15.3. The Labute approximate surface area is 156 Å². The van der Waals surface area contributed by atoms with Crippen LogP contribution in [-0.2, 0) is 6.54 Å². The molecule has 0 bridgehead atoms. The molecule has 1 aromatic carbocycles. The summed E-state index contributed by atoms with van der Waals surface area (Å²) in [6.07, 6.45) is 4.39. The first kappa shape index (κ1) is 17.9. The summed E-state index contributed by atoms with van der Waals surface area (Å²) in [6.45, 7) is 4.94. The van der Waals surface area contributed by atoms with Crippen LogP contribution in [0.3, 0.4) is 0 Å². The van der Waals surface area contributed by atoms with Gasteiger partial charge in [-0.15, -0.1) is 0 Å². The molecule has 1 aliphatic rings. The predicted molar refractivity (Wildman–Crippen MR) is 101 cm³/mol. The number of hydrogen-bond acceptors (Lipinski definition) is 4. The Morgan fingerprint density at radius 3 is 2.85 bits per heavy atom. The molecule has 0 aliphatic carbocycles. The van der Waals surface area contributed by atoms with E-state index in [9.17, 15) is 8.78 Å². The number of benzene rings is 1. The van der Waals surface area contributed by atoms with Crippen LogP contribution in [0.25, 0.3) is 11.0 Å². The summed E-state index contributed by atoms with van der Waals surface area (Å²) in [5.74, 6) is 0.768. The Hall–Kier alpha value is -2.54. The smallest absolute Gasteiger partial charge is 0.142 e. The molecule has 1 fully saturated rings. The summed E-state index contributed by atoms with van der Waals surface area (Å²) < 4.78 is 27.9. The van der Waals surface area contributed by atoms with Crippen LogP contribution in [0.15, 0.2) is 36.8 Å². The van der Waals surface area contributed by atoms with Crippen molar-refractivity contribution in [2.24, 2.45) is 11.8 Å². The van der Waals surface area contributed by atoms with Crippen LogP contribution in [0.4, 0.5) is 14.6 Å². The molecule has 142 valence electrons. The Kier molecular flexibility index (Phi) is 5.03.